The van der Waals surface area contributed by atoms with Crippen LogP contribution < -0.4 is 5.32 Å². The minimum atomic E-state index is -0.638. The average Bonchev–Trinajstić information content (AvgIpc) is 2.95. The largest absolute Gasteiger partial charge is 0.477 e. The van der Waals surface area contributed by atoms with E-state index in [0.717, 1.165) is 12.0 Å². The van der Waals surface area contributed by atoms with Gasteiger partial charge in [0.1, 0.15) is 12.6 Å². The standard InChI is InChI=1S/C18H26N2O2/c1-5-13(2)16(19-14(3)21)17-20-18(4,12-22-17)11-15-9-7-6-8-10-15/h6-10,13,16H,5,11-12H2,1-4H3,(H,19,21)/t13-,16-,18-/m0/s1/i11D/t11?,13-,16-,18-. The predicted molar refractivity (Wildman–Crippen MR) is 89.0 cm³/mol. The van der Waals surface area contributed by atoms with Crippen LogP contribution in [0.4, 0.5) is 0 Å². The summed E-state index contributed by atoms with van der Waals surface area (Å²) in [7, 11) is 0. The Balaban J connectivity index is 2.24. The number of aliphatic imine (C=N–C) groups is 1. The second kappa shape index (κ2) is 6.95. The summed E-state index contributed by atoms with van der Waals surface area (Å²) in [5, 5.41) is 2.93. The quantitative estimate of drug-likeness (QED) is 0.878. The van der Waals surface area contributed by atoms with Crippen molar-refractivity contribution in [3.8, 4) is 0 Å². The highest BCUT2D eigenvalue weighted by Crippen LogP contribution is 2.26. The van der Waals surface area contributed by atoms with Crippen LogP contribution in [0.3, 0.4) is 0 Å². The third kappa shape index (κ3) is 4.09. The molecular weight excluding hydrogens is 276 g/mol. The highest BCUT2D eigenvalue weighted by molar-refractivity contribution is 5.88. The molecule has 1 aliphatic heterocycles. The Hall–Kier alpha value is -1.84. The van der Waals surface area contributed by atoms with E-state index >= 15 is 0 Å². The zero-order valence-electron chi connectivity index (χ0n) is 14.8. The molecule has 0 fully saturated rings. The number of benzene rings is 1. The summed E-state index contributed by atoms with van der Waals surface area (Å²) in [6, 6.07) is 9.45. The lowest BCUT2D eigenvalue weighted by Gasteiger charge is -2.22. The summed E-state index contributed by atoms with van der Waals surface area (Å²) in [4.78, 5) is 16.2. The number of ether oxygens (including phenoxy) is 1. The molecule has 0 aromatic heterocycles. The number of nitrogens with one attached hydrogen (secondary N) is 1. The highest BCUT2D eigenvalue weighted by atomic mass is 16.5. The molecular formula is C18H26N2O2. The van der Waals surface area contributed by atoms with Crippen LogP contribution in [0, 0.1) is 5.92 Å². The molecule has 2 rings (SSSR count). The normalized spacial score (nSPS) is 25.5. The first-order valence-corrected chi connectivity index (χ1v) is 7.84. The molecule has 120 valence electrons. The van der Waals surface area contributed by atoms with E-state index in [9.17, 15) is 4.79 Å². The molecule has 4 nitrogen and oxygen atoms in total. The highest BCUT2D eigenvalue weighted by Gasteiger charge is 2.36. The van der Waals surface area contributed by atoms with Crippen LogP contribution in [0.5, 0.6) is 0 Å². The van der Waals surface area contributed by atoms with Gasteiger partial charge in [0, 0.05) is 14.7 Å². The van der Waals surface area contributed by atoms with E-state index in [0.29, 0.717) is 12.5 Å². The van der Waals surface area contributed by atoms with Crippen LogP contribution in [-0.2, 0) is 15.9 Å². The van der Waals surface area contributed by atoms with Crippen molar-refractivity contribution >= 4 is 11.8 Å². The van der Waals surface area contributed by atoms with Gasteiger partial charge in [-0.05, 0) is 18.4 Å². The maximum atomic E-state index is 11.5. The van der Waals surface area contributed by atoms with Crippen molar-refractivity contribution in [2.24, 2.45) is 10.9 Å². The topological polar surface area (TPSA) is 50.7 Å². The molecule has 0 spiro atoms. The van der Waals surface area contributed by atoms with Gasteiger partial charge in [0.15, 0.2) is 0 Å². The minimum Gasteiger partial charge on any atom is -0.477 e. The lowest BCUT2D eigenvalue weighted by Crippen LogP contribution is -2.44. The van der Waals surface area contributed by atoms with E-state index in [-0.39, 0.29) is 17.9 Å². The number of hydrogen-bond donors (Lipinski definition) is 1. The van der Waals surface area contributed by atoms with Crippen LogP contribution in [0.1, 0.15) is 41.0 Å². The molecule has 1 unspecified atom stereocenters. The maximum Gasteiger partial charge on any atom is 0.217 e. The first-order chi connectivity index (χ1) is 10.9. The number of hydrogen-bond acceptors (Lipinski definition) is 3. The Labute approximate surface area is 134 Å². The molecule has 0 radical (unpaired) electrons. The number of carbonyl (C=O) groups is 1. The summed E-state index contributed by atoms with van der Waals surface area (Å²) in [5.41, 5.74) is 0.282. The Morgan fingerprint density at radius 2 is 2.18 bits per heavy atom. The summed E-state index contributed by atoms with van der Waals surface area (Å²) >= 11 is 0. The van der Waals surface area contributed by atoms with Crippen molar-refractivity contribution in [1.29, 1.82) is 0 Å². The van der Waals surface area contributed by atoms with Crippen molar-refractivity contribution in [3.63, 3.8) is 0 Å². The van der Waals surface area contributed by atoms with Crippen LogP contribution >= 0.6 is 0 Å². The fourth-order valence-corrected chi connectivity index (χ4v) is 2.58. The van der Waals surface area contributed by atoms with Crippen molar-refractivity contribution in [1.82, 2.24) is 5.32 Å². The molecule has 0 bridgehead atoms. The smallest absolute Gasteiger partial charge is 0.217 e. The van der Waals surface area contributed by atoms with E-state index in [4.69, 9.17) is 11.1 Å². The van der Waals surface area contributed by atoms with E-state index in [1.54, 1.807) is 0 Å². The summed E-state index contributed by atoms with van der Waals surface area (Å²) < 4.78 is 14.4. The lowest BCUT2D eigenvalue weighted by atomic mass is 9.94. The van der Waals surface area contributed by atoms with Crippen LogP contribution in [0.2, 0.25) is 0 Å². The number of nitrogens with zero attached hydrogens (tertiary/aromatic N) is 1. The third-order valence-corrected chi connectivity index (χ3v) is 3.99. The fourth-order valence-electron chi connectivity index (χ4n) is 2.58. The Morgan fingerprint density at radius 1 is 1.50 bits per heavy atom. The van der Waals surface area contributed by atoms with Crippen molar-refractivity contribution in [2.45, 2.75) is 52.1 Å². The summed E-state index contributed by atoms with van der Waals surface area (Å²) in [6.45, 7) is 7.94. The molecule has 22 heavy (non-hydrogen) atoms. The number of amides is 1. The Bertz CT molecular complexity index is 576. The molecule has 0 saturated carbocycles. The minimum absolute atomic E-state index is 0.0966. The number of rotatable bonds is 6. The van der Waals surface area contributed by atoms with Gasteiger partial charge in [0.2, 0.25) is 11.8 Å². The summed E-state index contributed by atoms with van der Waals surface area (Å²) in [6.07, 6.45) is 0.406. The molecule has 1 aromatic carbocycles. The van der Waals surface area contributed by atoms with Gasteiger partial charge >= 0.3 is 0 Å². The SMILES string of the molecule is [2H]C(c1ccccc1)[C@@]1(C)COC([C@@H](NC(C)=O)[C@@H](C)CC)=N1. The molecule has 4 atom stereocenters. The van der Waals surface area contributed by atoms with Crippen molar-refractivity contribution in [2.75, 3.05) is 6.61 Å². The Morgan fingerprint density at radius 3 is 2.77 bits per heavy atom. The molecule has 0 aliphatic carbocycles. The van der Waals surface area contributed by atoms with Gasteiger partial charge in [-0.2, -0.15) is 0 Å². The average molecular weight is 303 g/mol. The first-order valence-electron chi connectivity index (χ1n) is 8.42. The van der Waals surface area contributed by atoms with Crippen LogP contribution in [0.25, 0.3) is 0 Å². The third-order valence-electron chi connectivity index (χ3n) is 3.99. The van der Waals surface area contributed by atoms with Gasteiger partial charge < -0.3 is 10.1 Å². The van der Waals surface area contributed by atoms with E-state index in [2.05, 4.69) is 19.2 Å². The van der Waals surface area contributed by atoms with Crippen LogP contribution in [0.15, 0.2) is 35.3 Å². The Kier molecular flexibility index (Phi) is 4.76. The van der Waals surface area contributed by atoms with Crippen LogP contribution in [-0.4, -0.2) is 30.0 Å². The van der Waals surface area contributed by atoms with Gasteiger partial charge in [0.25, 0.3) is 0 Å². The second-order valence-electron chi connectivity index (χ2n) is 6.21. The lowest BCUT2D eigenvalue weighted by molar-refractivity contribution is -0.119. The molecule has 4 heteroatoms. The van der Waals surface area contributed by atoms with Gasteiger partial charge in [0.05, 0.1) is 5.54 Å². The zero-order valence-corrected chi connectivity index (χ0v) is 13.8. The molecule has 1 heterocycles. The maximum absolute atomic E-state index is 11.5. The van der Waals surface area contributed by atoms with E-state index < -0.39 is 11.9 Å². The molecule has 0 saturated heterocycles. The fraction of sp³-hybridized carbons (Fsp3) is 0.556. The summed E-state index contributed by atoms with van der Waals surface area (Å²) in [5.74, 6) is 0.673. The van der Waals surface area contributed by atoms with Gasteiger partial charge in [-0.25, -0.2) is 4.99 Å². The molecule has 1 aliphatic rings. The van der Waals surface area contributed by atoms with Gasteiger partial charge in [-0.1, -0.05) is 50.6 Å². The number of carbonyl (C=O) groups excluding carboxylic acids is 1. The first kappa shape index (κ1) is 15.1. The van der Waals surface area contributed by atoms with E-state index in [1.165, 1.54) is 6.92 Å². The zero-order chi connectivity index (χ0) is 17.0. The van der Waals surface area contributed by atoms with Crippen molar-refractivity contribution < 1.29 is 10.9 Å². The van der Waals surface area contributed by atoms with E-state index in [1.807, 2.05) is 37.3 Å². The van der Waals surface area contributed by atoms with Gasteiger partial charge in [-0.3, -0.25) is 4.79 Å². The second-order valence-corrected chi connectivity index (χ2v) is 6.21. The predicted octanol–water partition coefficient (Wildman–Crippen LogP) is 2.97. The van der Waals surface area contributed by atoms with Gasteiger partial charge in [-0.15, -0.1) is 0 Å². The molecule has 1 N–H and O–H groups in total. The molecule has 1 amide bonds. The molecule has 1 aromatic rings. The monoisotopic (exact) mass is 303 g/mol. The van der Waals surface area contributed by atoms with Crippen molar-refractivity contribution in [3.05, 3.63) is 35.9 Å².